The standard InChI is InChI=1S/C20H25NO4S/c1-16-2-6-18(7-3-16)25-19-10-12-21(13-11-19)14-15-26(23,24)20-8-4-17(22)5-9-20/h2-9,19,22H,10-15H2,1H3. The van der Waals surface area contributed by atoms with Gasteiger partial charge >= 0.3 is 0 Å². The molecule has 140 valence electrons. The number of benzene rings is 2. The van der Waals surface area contributed by atoms with Crippen LogP contribution in [0.3, 0.4) is 0 Å². The summed E-state index contributed by atoms with van der Waals surface area (Å²) in [6, 6.07) is 13.8. The zero-order valence-corrected chi connectivity index (χ0v) is 15.8. The molecular formula is C20H25NO4S. The van der Waals surface area contributed by atoms with Crippen molar-refractivity contribution in [2.75, 3.05) is 25.4 Å². The summed E-state index contributed by atoms with van der Waals surface area (Å²) in [5.74, 6) is 1.05. The number of ether oxygens (including phenoxy) is 1. The Balaban J connectivity index is 1.46. The van der Waals surface area contributed by atoms with Crippen molar-refractivity contribution >= 4 is 9.84 Å². The number of aryl methyl sites for hydroxylation is 1. The van der Waals surface area contributed by atoms with Gasteiger partial charge in [-0.05, 0) is 56.2 Å². The topological polar surface area (TPSA) is 66.8 Å². The molecule has 0 spiro atoms. The Morgan fingerprint density at radius 2 is 1.65 bits per heavy atom. The number of likely N-dealkylation sites (tertiary alicyclic amines) is 1. The minimum atomic E-state index is -3.33. The summed E-state index contributed by atoms with van der Waals surface area (Å²) in [5.41, 5.74) is 1.21. The minimum Gasteiger partial charge on any atom is -0.508 e. The number of nitrogens with zero attached hydrogens (tertiary/aromatic N) is 1. The summed E-state index contributed by atoms with van der Waals surface area (Å²) in [6.45, 7) is 4.23. The van der Waals surface area contributed by atoms with Crippen molar-refractivity contribution in [3.63, 3.8) is 0 Å². The molecule has 1 saturated heterocycles. The smallest absolute Gasteiger partial charge is 0.179 e. The molecule has 6 heteroatoms. The third-order valence-electron chi connectivity index (χ3n) is 4.73. The Hall–Kier alpha value is -2.05. The first kappa shape index (κ1) is 18.7. The third kappa shape index (κ3) is 4.99. The number of phenols is 1. The Morgan fingerprint density at radius 3 is 2.27 bits per heavy atom. The molecule has 1 N–H and O–H groups in total. The lowest BCUT2D eigenvalue weighted by molar-refractivity contribution is 0.104. The van der Waals surface area contributed by atoms with Gasteiger partial charge in [0.15, 0.2) is 9.84 Å². The van der Waals surface area contributed by atoms with E-state index in [1.54, 1.807) is 0 Å². The predicted octanol–water partition coefficient (Wildman–Crippen LogP) is 3.02. The van der Waals surface area contributed by atoms with E-state index in [0.717, 1.165) is 31.7 Å². The average Bonchev–Trinajstić information content (AvgIpc) is 2.63. The van der Waals surface area contributed by atoms with E-state index >= 15 is 0 Å². The van der Waals surface area contributed by atoms with E-state index in [1.165, 1.54) is 29.8 Å². The van der Waals surface area contributed by atoms with Crippen LogP contribution in [-0.4, -0.2) is 49.9 Å². The first-order valence-corrected chi connectivity index (χ1v) is 10.5. The molecule has 0 saturated carbocycles. The largest absolute Gasteiger partial charge is 0.508 e. The van der Waals surface area contributed by atoms with Crippen molar-refractivity contribution in [3.8, 4) is 11.5 Å². The molecule has 1 aliphatic rings. The Kier molecular flexibility index (Phi) is 5.84. The zero-order valence-electron chi connectivity index (χ0n) is 15.0. The third-order valence-corrected chi connectivity index (χ3v) is 6.44. The summed E-state index contributed by atoms with van der Waals surface area (Å²) in [4.78, 5) is 2.43. The Morgan fingerprint density at radius 1 is 1.04 bits per heavy atom. The fourth-order valence-electron chi connectivity index (χ4n) is 3.08. The van der Waals surface area contributed by atoms with Crippen molar-refractivity contribution in [3.05, 3.63) is 54.1 Å². The molecule has 2 aromatic rings. The SMILES string of the molecule is Cc1ccc(OC2CCN(CCS(=O)(=O)c3ccc(O)cc3)CC2)cc1. The van der Waals surface area contributed by atoms with Crippen LogP contribution in [0.1, 0.15) is 18.4 Å². The molecule has 1 aliphatic heterocycles. The van der Waals surface area contributed by atoms with Gasteiger partial charge in [-0.15, -0.1) is 0 Å². The van der Waals surface area contributed by atoms with E-state index in [-0.39, 0.29) is 22.5 Å². The van der Waals surface area contributed by atoms with Gasteiger partial charge in [-0.1, -0.05) is 17.7 Å². The average molecular weight is 375 g/mol. The molecule has 0 radical (unpaired) electrons. The molecular weight excluding hydrogens is 350 g/mol. The van der Waals surface area contributed by atoms with Crippen LogP contribution in [-0.2, 0) is 9.84 Å². The number of hydrogen-bond acceptors (Lipinski definition) is 5. The molecule has 3 rings (SSSR count). The summed E-state index contributed by atoms with van der Waals surface area (Å²) >= 11 is 0. The highest BCUT2D eigenvalue weighted by Gasteiger charge is 2.22. The summed E-state index contributed by atoms with van der Waals surface area (Å²) < 4.78 is 30.8. The second kappa shape index (κ2) is 8.10. The quantitative estimate of drug-likeness (QED) is 0.841. The van der Waals surface area contributed by atoms with Gasteiger partial charge in [0.1, 0.15) is 17.6 Å². The maximum absolute atomic E-state index is 12.4. The molecule has 1 fully saturated rings. The molecule has 1 heterocycles. The molecule has 5 nitrogen and oxygen atoms in total. The second-order valence-corrected chi connectivity index (χ2v) is 8.89. The lowest BCUT2D eigenvalue weighted by Gasteiger charge is -2.32. The molecule has 0 unspecified atom stereocenters. The van der Waals surface area contributed by atoms with Gasteiger partial charge in [-0.25, -0.2) is 8.42 Å². The van der Waals surface area contributed by atoms with E-state index in [2.05, 4.69) is 11.8 Å². The van der Waals surface area contributed by atoms with Gasteiger partial charge in [0.2, 0.25) is 0 Å². The molecule has 0 amide bonds. The summed E-state index contributed by atoms with van der Waals surface area (Å²) in [5, 5.41) is 9.29. The summed E-state index contributed by atoms with van der Waals surface area (Å²) in [7, 11) is -3.33. The zero-order chi connectivity index (χ0) is 18.6. The number of piperidine rings is 1. The van der Waals surface area contributed by atoms with E-state index < -0.39 is 9.84 Å². The minimum absolute atomic E-state index is 0.0691. The van der Waals surface area contributed by atoms with E-state index in [1.807, 2.05) is 24.3 Å². The van der Waals surface area contributed by atoms with Crippen LogP contribution in [0.5, 0.6) is 11.5 Å². The van der Waals surface area contributed by atoms with Crippen molar-refractivity contribution < 1.29 is 18.3 Å². The van der Waals surface area contributed by atoms with E-state index in [9.17, 15) is 13.5 Å². The van der Waals surface area contributed by atoms with Crippen molar-refractivity contribution in [2.24, 2.45) is 0 Å². The monoisotopic (exact) mass is 375 g/mol. The first-order valence-electron chi connectivity index (χ1n) is 8.90. The van der Waals surface area contributed by atoms with Gasteiger partial charge < -0.3 is 14.7 Å². The molecule has 0 aliphatic carbocycles. The normalized spacial score (nSPS) is 16.5. The van der Waals surface area contributed by atoms with Gasteiger partial charge in [0, 0.05) is 19.6 Å². The van der Waals surface area contributed by atoms with Crippen LogP contribution in [0.4, 0.5) is 0 Å². The molecule has 2 aromatic carbocycles. The Labute approximate surface area is 155 Å². The van der Waals surface area contributed by atoms with E-state index in [0.29, 0.717) is 6.54 Å². The van der Waals surface area contributed by atoms with Crippen molar-refractivity contribution in [1.29, 1.82) is 0 Å². The van der Waals surface area contributed by atoms with Crippen LogP contribution < -0.4 is 4.74 Å². The van der Waals surface area contributed by atoms with Gasteiger partial charge in [0.05, 0.1) is 10.6 Å². The highest BCUT2D eigenvalue weighted by atomic mass is 32.2. The highest BCUT2D eigenvalue weighted by molar-refractivity contribution is 7.91. The first-order chi connectivity index (χ1) is 12.4. The molecule has 26 heavy (non-hydrogen) atoms. The number of hydrogen-bond donors (Lipinski definition) is 1. The number of aromatic hydroxyl groups is 1. The van der Waals surface area contributed by atoms with Crippen LogP contribution in [0.15, 0.2) is 53.4 Å². The number of rotatable bonds is 6. The molecule has 0 aromatic heterocycles. The van der Waals surface area contributed by atoms with Crippen molar-refractivity contribution in [2.45, 2.75) is 30.8 Å². The fraction of sp³-hybridized carbons (Fsp3) is 0.400. The lowest BCUT2D eigenvalue weighted by atomic mass is 10.1. The number of sulfone groups is 1. The Bertz CT molecular complexity index is 808. The highest BCUT2D eigenvalue weighted by Crippen LogP contribution is 2.20. The van der Waals surface area contributed by atoms with Crippen LogP contribution in [0.2, 0.25) is 0 Å². The lowest BCUT2D eigenvalue weighted by Crippen LogP contribution is -2.40. The summed E-state index contributed by atoms with van der Waals surface area (Å²) in [6.07, 6.45) is 1.97. The van der Waals surface area contributed by atoms with Crippen LogP contribution >= 0.6 is 0 Å². The molecule has 0 atom stereocenters. The fourth-order valence-corrected chi connectivity index (χ4v) is 4.37. The second-order valence-electron chi connectivity index (χ2n) is 6.78. The predicted molar refractivity (Wildman–Crippen MR) is 101 cm³/mol. The molecule has 0 bridgehead atoms. The van der Waals surface area contributed by atoms with Crippen LogP contribution in [0, 0.1) is 6.92 Å². The maximum atomic E-state index is 12.4. The van der Waals surface area contributed by atoms with E-state index in [4.69, 9.17) is 4.74 Å². The van der Waals surface area contributed by atoms with Gasteiger partial charge in [-0.3, -0.25) is 0 Å². The maximum Gasteiger partial charge on any atom is 0.179 e. The van der Waals surface area contributed by atoms with Crippen LogP contribution in [0.25, 0.3) is 0 Å². The van der Waals surface area contributed by atoms with Gasteiger partial charge in [-0.2, -0.15) is 0 Å². The van der Waals surface area contributed by atoms with Crippen molar-refractivity contribution in [1.82, 2.24) is 4.90 Å². The van der Waals surface area contributed by atoms with Gasteiger partial charge in [0.25, 0.3) is 0 Å². The number of phenolic OH excluding ortho intramolecular Hbond substituents is 1.